The summed E-state index contributed by atoms with van der Waals surface area (Å²) >= 11 is 0. The number of ether oxygens (including phenoxy) is 1. The third-order valence-corrected chi connectivity index (χ3v) is 5.27. The average Bonchev–Trinajstić information content (AvgIpc) is 2.32. The predicted octanol–water partition coefficient (Wildman–Crippen LogP) is -1.21. The Morgan fingerprint density at radius 3 is 1.91 bits per heavy atom. The van der Waals surface area contributed by atoms with Crippen molar-refractivity contribution in [1.82, 2.24) is 10.6 Å². The topological polar surface area (TPSA) is 200 Å². The minimum Gasteiger partial charge on any atom is -0.420 e. The van der Waals surface area contributed by atoms with Gasteiger partial charge in [0.05, 0.1) is 0 Å². The number of rotatable bonds is 6. The van der Waals surface area contributed by atoms with Gasteiger partial charge in [-0.2, -0.15) is 0 Å². The lowest BCUT2D eigenvalue weighted by Gasteiger charge is -2.21. The highest BCUT2D eigenvalue weighted by atomic mass is 31.2. The van der Waals surface area contributed by atoms with Crippen LogP contribution in [0.25, 0.3) is 0 Å². The van der Waals surface area contributed by atoms with Crippen LogP contribution in [0.4, 0.5) is 4.79 Å². The van der Waals surface area contributed by atoms with Crippen molar-refractivity contribution >= 4 is 33.1 Å². The van der Waals surface area contributed by atoms with Gasteiger partial charge in [0.2, 0.25) is 11.8 Å². The van der Waals surface area contributed by atoms with Crippen LogP contribution in [0.2, 0.25) is 0 Å². The lowest BCUT2D eigenvalue weighted by molar-refractivity contribution is -0.131. The van der Waals surface area contributed by atoms with Crippen LogP contribution < -0.4 is 10.6 Å². The summed E-state index contributed by atoms with van der Waals surface area (Å²) in [6.45, 7) is 2.59. The molecule has 0 unspecified atom stereocenters. The molecule has 0 bridgehead atoms. The van der Waals surface area contributed by atoms with E-state index in [1.807, 2.05) is 5.32 Å². The number of alkyl carbamates (subject to hydrolysis) is 1. The minimum atomic E-state index is -5.45. The molecule has 0 radical (unpaired) electrons. The maximum absolute atomic E-state index is 11.4. The summed E-state index contributed by atoms with van der Waals surface area (Å²) in [7, 11) is -10.9. The summed E-state index contributed by atoms with van der Waals surface area (Å²) in [5, 5.41) is 3.66. The molecular formula is C8H16N2O10P2. The molecule has 22 heavy (non-hydrogen) atoms. The first-order valence-corrected chi connectivity index (χ1v) is 9.06. The average molecular weight is 362 g/mol. The predicted molar refractivity (Wildman–Crippen MR) is 70.4 cm³/mol. The summed E-state index contributed by atoms with van der Waals surface area (Å²) in [5.41, 5.74) is -2.99. The second-order valence-corrected chi connectivity index (χ2v) is 7.74. The monoisotopic (exact) mass is 362 g/mol. The minimum absolute atomic E-state index is 0.00138. The number of imide groups is 1. The van der Waals surface area contributed by atoms with Crippen LogP contribution in [0, 0.1) is 0 Å². The number of amides is 3. The molecule has 0 aromatic carbocycles. The number of hydrogen-bond acceptors (Lipinski definition) is 6. The van der Waals surface area contributed by atoms with Gasteiger partial charge in [0.25, 0.3) is 0 Å². The van der Waals surface area contributed by atoms with Crippen molar-refractivity contribution in [3.05, 3.63) is 0 Å². The molecule has 0 aliphatic heterocycles. The van der Waals surface area contributed by atoms with Gasteiger partial charge >= 0.3 is 26.9 Å². The normalized spacial score (nSPS) is 13.4. The highest BCUT2D eigenvalue weighted by Crippen LogP contribution is 2.60. The SMILES string of the molecule is CCC(=O)NC(=O)[C@H](C)NC(=O)OC(P(=O)(O)O)P(=O)(O)O. The molecule has 12 nitrogen and oxygen atoms in total. The molecule has 0 spiro atoms. The lowest BCUT2D eigenvalue weighted by Crippen LogP contribution is -2.47. The van der Waals surface area contributed by atoms with Crippen LogP contribution in [-0.2, 0) is 23.5 Å². The first-order valence-electron chi connectivity index (χ1n) is 5.70. The maximum Gasteiger partial charge on any atom is 0.409 e. The highest BCUT2D eigenvalue weighted by molar-refractivity contribution is 7.70. The van der Waals surface area contributed by atoms with E-state index in [0.717, 1.165) is 6.92 Å². The van der Waals surface area contributed by atoms with Crippen LogP contribution in [0.1, 0.15) is 20.3 Å². The highest BCUT2D eigenvalue weighted by Gasteiger charge is 2.47. The van der Waals surface area contributed by atoms with Crippen molar-refractivity contribution < 1.29 is 47.8 Å². The molecule has 128 valence electrons. The van der Waals surface area contributed by atoms with Crippen molar-refractivity contribution in [2.75, 3.05) is 0 Å². The number of carbonyl (C=O) groups excluding carboxylic acids is 3. The largest absolute Gasteiger partial charge is 0.420 e. The molecule has 0 aromatic rings. The van der Waals surface area contributed by atoms with Gasteiger partial charge in [-0.3, -0.25) is 24.0 Å². The van der Waals surface area contributed by atoms with Crippen molar-refractivity contribution in [3.8, 4) is 0 Å². The fourth-order valence-corrected chi connectivity index (χ4v) is 3.07. The van der Waals surface area contributed by atoms with Gasteiger partial charge in [-0.1, -0.05) is 6.92 Å². The van der Waals surface area contributed by atoms with E-state index in [0.29, 0.717) is 0 Å². The van der Waals surface area contributed by atoms with Crippen molar-refractivity contribution in [2.24, 2.45) is 0 Å². The Hall–Kier alpha value is -1.29. The van der Waals surface area contributed by atoms with E-state index in [2.05, 4.69) is 4.74 Å². The second kappa shape index (κ2) is 7.82. The van der Waals surface area contributed by atoms with E-state index in [1.165, 1.54) is 6.92 Å². The smallest absolute Gasteiger partial charge is 0.409 e. The first kappa shape index (κ1) is 20.7. The summed E-state index contributed by atoms with van der Waals surface area (Å²) in [6, 6.07) is -1.35. The maximum atomic E-state index is 11.4. The van der Waals surface area contributed by atoms with Gasteiger partial charge in [-0.15, -0.1) is 0 Å². The van der Waals surface area contributed by atoms with Crippen LogP contribution in [0.3, 0.4) is 0 Å². The summed E-state index contributed by atoms with van der Waals surface area (Å²) in [5.74, 6) is -1.57. The Morgan fingerprint density at radius 2 is 1.55 bits per heavy atom. The van der Waals surface area contributed by atoms with E-state index in [-0.39, 0.29) is 6.42 Å². The third-order valence-electron chi connectivity index (χ3n) is 2.10. The van der Waals surface area contributed by atoms with Crippen LogP contribution in [0.15, 0.2) is 0 Å². The molecule has 3 amide bonds. The van der Waals surface area contributed by atoms with E-state index in [9.17, 15) is 23.5 Å². The summed E-state index contributed by atoms with van der Waals surface area (Å²) < 4.78 is 25.8. The van der Waals surface area contributed by atoms with E-state index in [1.54, 1.807) is 5.32 Å². The van der Waals surface area contributed by atoms with Gasteiger partial charge < -0.3 is 29.6 Å². The van der Waals surface area contributed by atoms with Gasteiger partial charge in [0.15, 0.2) is 0 Å². The number of hydrogen-bond donors (Lipinski definition) is 6. The fourth-order valence-electron chi connectivity index (χ4n) is 1.04. The fraction of sp³-hybridized carbons (Fsp3) is 0.625. The molecule has 0 saturated heterocycles. The summed E-state index contributed by atoms with van der Waals surface area (Å²) in [6.07, 6.45) is -1.65. The molecule has 0 heterocycles. The molecule has 0 aromatic heterocycles. The Morgan fingerprint density at radius 1 is 1.09 bits per heavy atom. The van der Waals surface area contributed by atoms with Crippen LogP contribution >= 0.6 is 15.2 Å². The zero-order chi connectivity index (χ0) is 17.7. The Kier molecular flexibility index (Phi) is 7.36. The van der Waals surface area contributed by atoms with E-state index < -0.39 is 44.7 Å². The molecule has 0 aliphatic rings. The summed E-state index contributed by atoms with van der Waals surface area (Å²) in [4.78, 5) is 68.7. The van der Waals surface area contributed by atoms with E-state index >= 15 is 0 Å². The third kappa shape index (κ3) is 7.12. The zero-order valence-electron chi connectivity index (χ0n) is 11.5. The standard InChI is InChI=1S/C8H16N2O10P2/c1-3-5(11)10-6(12)4(2)9-7(13)20-8(21(14,15)16)22(17,18)19/h4,8H,3H2,1-2H3,(H,9,13)(H,10,11,12)(H2,14,15,16)(H2,17,18,19)/t4-/m0/s1. The first-order chi connectivity index (χ1) is 9.78. The molecule has 14 heteroatoms. The molecule has 1 atom stereocenters. The molecule has 0 fully saturated rings. The quantitative estimate of drug-likeness (QED) is 0.312. The molecule has 6 N–H and O–H groups in total. The molecule has 0 aliphatic carbocycles. The van der Waals surface area contributed by atoms with Crippen molar-refractivity contribution in [1.29, 1.82) is 0 Å². The Labute approximate surface area is 124 Å². The lowest BCUT2D eigenvalue weighted by atomic mass is 10.3. The number of nitrogens with one attached hydrogen (secondary N) is 2. The second-order valence-electron chi connectivity index (χ2n) is 4.04. The van der Waals surface area contributed by atoms with Gasteiger partial charge in [0.1, 0.15) is 6.04 Å². The molecule has 0 rings (SSSR count). The van der Waals surface area contributed by atoms with Crippen molar-refractivity contribution in [3.63, 3.8) is 0 Å². The van der Waals surface area contributed by atoms with Crippen LogP contribution in [0.5, 0.6) is 0 Å². The van der Waals surface area contributed by atoms with Gasteiger partial charge in [-0.25, -0.2) is 4.79 Å². The number of carbonyl (C=O) groups is 3. The van der Waals surface area contributed by atoms with Crippen molar-refractivity contribution in [2.45, 2.75) is 31.9 Å². The Bertz CT molecular complexity index is 515. The molecular weight excluding hydrogens is 346 g/mol. The van der Waals surface area contributed by atoms with E-state index in [4.69, 9.17) is 19.6 Å². The Balaban J connectivity index is 4.79. The molecule has 0 saturated carbocycles. The van der Waals surface area contributed by atoms with Crippen LogP contribution in [-0.4, -0.2) is 49.1 Å². The van der Waals surface area contributed by atoms with Gasteiger partial charge in [0, 0.05) is 6.42 Å². The van der Waals surface area contributed by atoms with Gasteiger partial charge in [-0.05, 0) is 6.92 Å². The zero-order valence-corrected chi connectivity index (χ0v) is 13.3.